The highest BCUT2D eigenvalue weighted by Gasteiger charge is 2.75. The summed E-state index contributed by atoms with van der Waals surface area (Å²) in [5, 5.41) is 24.5. The summed E-state index contributed by atoms with van der Waals surface area (Å²) < 4.78 is -0.116. The Morgan fingerprint density at radius 1 is 1.35 bits per heavy atom. The van der Waals surface area contributed by atoms with Gasteiger partial charge in [0.1, 0.15) is 11.3 Å². The van der Waals surface area contributed by atoms with Crippen molar-refractivity contribution in [2.24, 2.45) is 17.3 Å². The van der Waals surface area contributed by atoms with Gasteiger partial charge >= 0.3 is 0 Å². The zero-order valence-electron chi connectivity index (χ0n) is 12.3. The molecule has 0 bridgehead atoms. The molecule has 2 spiro atoms. The first-order valence-electron chi connectivity index (χ1n) is 8.23. The number of ketones is 1. The third-order valence-electron chi connectivity index (χ3n) is 7.30. The van der Waals surface area contributed by atoms with Crippen molar-refractivity contribution < 1.29 is 14.5 Å². The van der Waals surface area contributed by atoms with Crippen molar-refractivity contribution in [2.45, 2.75) is 63.5 Å². The van der Waals surface area contributed by atoms with Gasteiger partial charge in [0.2, 0.25) is 0 Å². The van der Waals surface area contributed by atoms with Gasteiger partial charge in [0.25, 0.3) is 0 Å². The number of carbonyl (C=O) groups is 1. The lowest BCUT2D eigenvalue weighted by atomic mass is 9.53. The third-order valence-corrected chi connectivity index (χ3v) is 7.30. The monoisotopic (exact) mass is 279 g/mol. The molecule has 2 aliphatic heterocycles. The van der Waals surface area contributed by atoms with Gasteiger partial charge in [-0.3, -0.25) is 4.79 Å². The number of Topliss-reactive ketones (excluding diaryl/α,β-unsaturated/α-hetero) is 1. The van der Waals surface area contributed by atoms with E-state index in [2.05, 4.69) is 0 Å². The SMILES string of the molecule is CC1C[N+]2([O-])CCCC23CCC2CCC(=O)CC23C1O. The van der Waals surface area contributed by atoms with Gasteiger partial charge < -0.3 is 15.0 Å². The fraction of sp³-hybridized carbons (Fsp3) is 0.938. The second kappa shape index (κ2) is 3.84. The van der Waals surface area contributed by atoms with Crippen molar-refractivity contribution in [1.29, 1.82) is 0 Å². The molecule has 2 heterocycles. The largest absolute Gasteiger partial charge is 0.632 e. The lowest BCUT2D eigenvalue weighted by Gasteiger charge is -2.66. The standard InChI is InChI=1S/C16H25NO3/c1-11-10-17(20)8-2-6-15(17)7-5-12-3-4-13(18)9-16(12,15)14(11)19/h11-12,14,19H,2-10H2,1H3. The van der Waals surface area contributed by atoms with E-state index in [1.54, 1.807) is 0 Å². The summed E-state index contributed by atoms with van der Waals surface area (Å²) >= 11 is 0. The highest BCUT2D eigenvalue weighted by atomic mass is 16.6. The molecule has 4 nitrogen and oxygen atoms in total. The molecule has 0 aromatic rings. The first kappa shape index (κ1) is 13.2. The maximum Gasteiger partial charge on any atom is 0.133 e. The van der Waals surface area contributed by atoms with Gasteiger partial charge in [-0.2, -0.15) is 0 Å². The summed E-state index contributed by atoms with van der Waals surface area (Å²) in [6.07, 6.45) is 5.41. The summed E-state index contributed by atoms with van der Waals surface area (Å²) in [5.41, 5.74) is -0.752. The normalized spacial score (nSPS) is 58.1. The van der Waals surface area contributed by atoms with Gasteiger partial charge in [-0.25, -0.2) is 0 Å². The minimum absolute atomic E-state index is 0.0187. The van der Waals surface area contributed by atoms with E-state index in [-0.39, 0.29) is 21.9 Å². The summed E-state index contributed by atoms with van der Waals surface area (Å²) in [7, 11) is 0. The Morgan fingerprint density at radius 2 is 2.15 bits per heavy atom. The van der Waals surface area contributed by atoms with Crippen LogP contribution < -0.4 is 0 Å². The molecule has 2 aliphatic carbocycles. The van der Waals surface area contributed by atoms with Crippen molar-refractivity contribution >= 4 is 5.78 Å². The van der Waals surface area contributed by atoms with Gasteiger partial charge in [-0.15, -0.1) is 0 Å². The van der Waals surface area contributed by atoms with Crippen LogP contribution in [0.4, 0.5) is 0 Å². The van der Waals surface area contributed by atoms with Crippen LogP contribution in [-0.4, -0.2) is 40.3 Å². The Balaban J connectivity index is 1.91. The van der Waals surface area contributed by atoms with Crippen molar-refractivity contribution in [2.75, 3.05) is 13.1 Å². The first-order chi connectivity index (χ1) is 9.45. The van der Waals surface area contributed by atoms with Gasteiger partial charge in [-0.05, 0) is 18.8 Å². The average Bonchev–Trinajstić information content (AvgIpc) is 2.90. The molecule has 1 N–H and O–H groups in total. The Hall–Kier alpha value is -0.450. The van der Waals surface area contributed by atoms with E-state index in [1.165, 1.54) is 0 Å². The van der Waals surface area contributed by atoms with Gasteiger partial charge in [0.05, 0.1) is 24.6 Å². The van der Waals surface area contributed by atoms with E-state index in [9.17, 15) is 15.1 Å². The van der Waals surface area contributed by atoms with Crippen molar-refractivity contribution in [3.63, 3.8) is 0 Å². The summed E-state index contributed by atoms with van der Waals surface area (Å²) in [6, 6.07) is 0. The molecule has 112 valence electrons. The molecule has 6 unspecified atom stereocenters. The van der Waals surface area contributed by atoms with Gasteiger partial charge in [-0.1, -0.05) is 6.92 Å². The highest BCUT2D eigenvalue weighted by molar-refractivity contribution is 5.80. The molecule has 0 amide bonds. The quantitative estimate of drug-likeness (QED) is 0.545. The summed E-state index contributed by atoms with van der Waals surface area (Å²) in [4.78, 5) is 12.2. The zero-order valence-corrected chi connectivity index (χ0v) is 12.3. The number of hydrogen-bond acceptors (Lipinski definition) is 3. The molecule has 2 saturated carbocycles. The third kappa shape index (κ3) is 1.23. The maximum absolute atomic E-state index is 13.5. The lowest BCUT2D eigenvalue weighted by Crippen LogP contribution is -2.74. The molecule has 4 fully saturated rings. The number of piperidine rings is 1. The van der Waals surface area contributed by atoms with Crippen LogP contribution in [0.15, 0.2) is 0 Å². The molecule has 0 aromatic heterocycles. The number of hydroxylamine groups is 3. The summed E-state index contributed by atoms with van der Waals surface area (Å²) in [6.45, 7) is 3.25. The van der Waals surface area contributed by atoms with E-state index in [4.69, 9.17) is 0 Å². The predicted molar refractivity (Wildman–Crippen MR) is 74.5 cm³/mol. The highest BCUT2D eigenvalue weighted by Crippen LogP contribution is 2.69. The van der Waals surface area contributed by atoms with Gasteiger partial charge in [0, 0.05) is 38.0 Å². The van der Waals surface area contributed by atoms with E-state index in [1.807, 2.05) is 6.92 Å². The van der Waals surface area contributed by atoms with Crippen molar-refractivity contribution in [3.8, 4) is 0 Å². The Kier molecular flexibility index (Phi) is 2.54. The molecular formula is C16H25NO3. The molecule has 0 aromatic carbocycles. The smallest absolute Gasteiger partial charge is 0.133 e. The molecule has 4 rings (SSSR count). The van der Waals surface area contributed by atoms with E-state index in [0.29, 0.717) is 31.8 Å². The zero-order chi connectivity index (χ0) is 14.2. The summed E-state index contributed by atoms with van der Waals surface area (Å²) in [5.74, 6) is 0.682. The Morgan fingerprint density at radius 3 is 2.95 bits per heavy atom. The minimum Gasteiger partial charge on any atom is -0.632 e. The number of hydrogen-bond donors (Lipinski definition) is 1. The van der Waals surface area contributed by atoms with E-state index < -0.39 is 11.5 Å². The van der Waals surface area contributed by atoms with Crippen LogP contribution in [-0.2, 0) is 4.79 Å². The van der Waals surface area contributed by atoms with Crippen molar-refractivity contribution in [3.05, 3.63) is 5.21 Å². The van der Waals surface area contributed by atoms with Crippen LogP contribution in [0.1, 0.15) is 51.9 Å². The molecule has 2 saturated heterocycles. The molecule has 0 radical (unpaired) electrons. The van der Waals surface area contributed by atoms with E-state index >= 15 is 0 Å². The lowest BCUT2D eigenvalue weighted by molar-refractivity contribution is -0.938. The Labute approximate surface area is 120 Å². The molecule has 4 aliphatic rings. The fourth-order valence-electron chi connectivity index (χ4n) is 6.69. The molecule has 6 atom stereocenters. The fourth-order valence-corrected chi connectivity index (χ4v) is 6.69. The molecular weight excluding hydrogens is 254 g/mol. The Bertz CT molecular complexity index is 467. The second-order valence-corrected chi connectivity index (χ2v) is 7.88. The number of nitrogens with zero attached hydrogens (tertiary/aromatic N) is 1. The van der Waals surface area contributed by atoms with Crippen LogP contribution in [0.5, 0.6) is 0 Å². The van der Waals surface area contributed by atoms with Crippen LogP contribution in [0.25, 0.3) is 0 Å². The number of aliphatic hydroxyl groups is 1. The molecule has 20 heavy (non-hydrogen) atoms. The number of rotatable bonds is 0. The van der Waals surface area contributed by atoms with Crippen LogP contribution in [0, 0.1) is 22.5 Å². The van der Waals surface area contributed by atoms with Gasteiger partial charge in [0.15, 0.2) is 0 Å². The predicted octanol–water partition coefficient (Wildman–Crippen LogP) is 1.99. The topological polar surface area (TPSA) is 60.4 Å². The average molecular weight is 279 g/mol. The number of quaternary nitrogens is 1. The van der Waals surface area contributed by atoms with Crippen LogP contribution in [0.2, 0.25) is 0 Å². The second-order valence-electron chi connectivity index (χ2n) is 7.88. The van der Waals surface area contributed by atoms with Crippen LogP contribution >= 0.6 is 0 Å². The first-order valence-corrected chi connectivity index (χ1v) is 8.23. The number of carbonyl (C=O) groups excluding carboxylic acids is 1. The number of aliphatic hydroxyl groups excluding tert-OH is 1. The molecule has 4 heteroatoms. The van der Waals surface area contributed by atoms with Crippen LogP contribution in [0.3, 0.4) is 0 Å². The maximum atomic E-state index is 13.5. The van der Waals surface area contributed by atoms with Crippen molar-refractivity contribution in [1.82, 2.24) is 0 Å². The minimum atomic E-state index is -0.461. The van der Waals surface area contributed by atoms with E-state index in [0.717, 1.165) is 32.1 Å².